The van der Waals surface area contributed by atoms with Gasteiger partial charge in [0.05, 0.1) is 45.0 Å². The summed E-state index contributed by atoms with van der Waals surface area (Å²) in [4.78, 5) is 13.0. The summed E-state index contributed by atoms with van der Waals surface area (Å²) >= 11 is 5.35. The molecule has 0 spiro atoms. The molecule has 0 aliphatic carbocycles. The van der Waals surface area contributed by atoms with Crippen molar-refractivity contribution < 1.29 is 23.7 Å². The highest BCUT2D eigenvalue weighted by molar-refractivity contribution is 7.80. The van der Waals surface area contributed by atoms with Gasteiger partial charge in [-0.3, -0.25) is 5.41 Å². The number of esters is 1. The predicted octanol–water partition coefficient (Wildman–Crippen LogP) is 2.74. The van der Waals surface area contributed by atoms with Crippen molar-refractivity contribution in [2.24, 2.45) is 0 Å². The number of carbonyl (C=O) groups is 1. The lowest BCUT2D eigenvalue weighted by molar-refractivity contribution is -0.138. The Morgan fingerprint density at radius 3 is 2.26 bits per heavy atom. The summed E-state index contributed by atoms with van der Waals surface area (Å²) in [6.45, 7) is 3.70. The number of benzene rings is 1. The van der Waals surface area contributed by atoms with E-state index in [0.29, 0.717) is 44.6 Å². The summed E-state index contributed by atoms with van der Waals surface area (Å²) < 4.78 is 21.4. The molecule has 1 aliphatic heterocycles. The van der Waals surface area contributed by atoms with Crippen molar-refractivity contribution in [1.82, 2.24) is 5.32 Å². The standard InChI is InChI=1S/C19H22N2O5S/c1-6-26-19(22)15-10(2)21-18(27)12(9-20)16(15)11-7-13(23-3)17(25-5)14(8-11)24-4/h7-8,16,20H,6H2,1-5H3,(H,21,27). The van der Waals surface area contributed by atoms with Crippen molar-refractivity contribution in [3.05, 3.63) is 34.5 Å². The molecule has 1 atom stereocenters. The van der Waals surface area contributed by atoms with Gasteiger partial charge in [-0.25, -0.2) is 4.79 Å². The second kappa shape index (κ2) is 8.70. The van der Waals surface area contributed by atoms with Crippen molar-refractivity contribution in [2.75, 3.05) is 27.9 Å². The lowest BCUT2D eigenvalue weighted by atomic mass is 9.81. The Kier molecular flexibility index (Phi) is 6.60. The highest BCUT2D eigenvalue weighted by Crippen LogP contribution is 2.44. The summed E-state index contributed by atoms with van der Waals surface area (Å²) in [6.07, 6.45) is 0. The first-order valence-corrected chi connectivity index (χ1v) is 8.62. The van der Waals surface area contributed by atoms with Gasteiger partial charge in [-0.2, -0.15) is 0 Å². The minimum absolute atomic E-state index is 0.228. The van der Waals surface area contributed by atoms with Crippen LogP contribution in [0.3, 0.4) is 0 Å². The molecule has 27 heavy (non-hydrogen) atoms. The third kappa shape index (κ3) is 3.82. The molecule has 0 radical (unpaired) electrons. The van der Waals surface area contributed by atoms with Crippen molar-refractivity contribution >= 4 is 29.0 Å². The van der Waals surface area contributed by atoms with Crippen LogP contribution in [0.25, 0.3) is 0 Å². The second-order valence-corrected chi connectivity index (χ2v) is 6.05. The van der Waals surface area contributed by atoms with Gasteiger partial charge in [0.2, 0.25) is 5.75 Å². The van der Waals surface area contributed by atoms with Crippen LogP contribution in [0.5, 0.6) is 17.2 Å². The molecule has 144 valence electrons. The fourth-order valence-electron chi connectivity index (χ4n) is 3.01. The molecule has 0 saturated heterocycles. The molecule has 1 aromatic rings. The lowest BCUT2D eigenvalue weighted by Gasteiger charge is -2.29. The minimum Gasteiger partial charge on any atom is -0.493 e. The van der Waals surface area contributed by atoms with E-state index in [4.69, 9.17) is 36.6 Å². The van der Waals surface area contributed by atoms with Gasteiger partial charge in [-0.15, -0.1) is 0 Å². The molecule has 7 nitrogen and oxygen atoms in total. The summed E-state index contributed by atoms with van der Waals surface area (Å²) in [5.74, 6) is 2.52. The Balaban J connectivity index is 2.77. The lowest BCUT2D eigenvalue weighted by Crippen LogP contribution is -2.35. The molecule has 0 amide bonds. The highest BCUT2D eigenvalue weighted by Gasteiger charge is 2.36. The third-order valence-corrected chi connectivity index (χ3v) is 4.50. The van der Waals surface area contributed by atoms with Gasteiger partial charge in [0.1, 0.15) is 4.99 Å². The van der Waals surface area contributed by atoms with E-state index in [1.54, 1.807) is 26.0 Å². The van der Waals surface area contributed by atoms with E-state index in [9.17, 15) is 4.79 Å². The fourth-order valence-corrected chi connectivity index (χ4v) is 3.33. The van der Waals surface area contributed by atoms with Gasteiger partial charge in [0.25, 0.3) is 0 Å². The third-order valence-electron chi connectivity index (χ3n) is 4.18. The largest absolute Gasteiger partial charge is 0.493 e. The van der Waals surface area contributed by atoms with Crippen molar-refractivity contribution in [1.29, 1.82) is 5.41 Å². The van der Waals surface area contributed by atoms with Crippen LogP contribution >= 0.6 is 12.2 Å². The second-order valence-electron chi connectivity index (χ2n) is 5.64. The molecule has 1 aliphatic rings. The van der Waals surface area contributed by atoms with Crippen LogP contribution in [0, 0.1) is 5.41 Å². The molecule has 2 N–H and O–H groups in total. The van der Waals surface area contributed by atoms with E-state index in [2.05, 4.69) is 11.2 Å². The number of nitrogens with one attached hydrogen (secondary N) is 2. The number of hydrogen-bond donors (Lipinski definition) is 2. The number of hydrogen-bond acceptors (Lipinski definition) is 7. The zero-order valence-corrected chi connectivity index (χ0v) is 16.7. The molecule has 0 aromatic heterocycles. The van der Waals surface area contributed by atoms with Crippen LogP contribution in [0.2, 0.25) is 0 Å². The molecule has 1 aromatic carbocycles. The number of thiocarbonyl (C=S) groups is 1. The monoisotopic (exact) mass is 390 g/mol. The maximum atomic E-state index is 12.6. The average Bonchev–Trinajstić information content (AvgIpc) is 2.66. The minimum atomic E-state index is -0.649. The Bertz CT molecular complexity index is 831. The number of carbonyl (C=O) groups excluding carboxylic acids is 1. The van der Waals surface area contributed by atoms with Gasteiger partial charge in [0.15, 0.2) is 11.5 Å². The van der Waals surface area contributed by atoms with Crippen LogP contribution in [-0.4, -0.2) is 44.8 Å². The number of allylic oxidation sites excluding steroid dienone is 1. The Hall–Kier alpha value is -2.83. The smallest absolute Gasteiger partial charge is 0.336 e. The maximum absolute atomic E-state index is 12.6. The van der Waals surface area contributed by atoms with Gasteiger partial charge in [-0.1, -0.05) is 12.2 Å². The zero-order chi connectivity index (χ0) is 20.1. The zero-order valence-electron chi connectivity index (χ0n) is 15.9. The van der Waals surface area contributed by atoms with E-state index >= 15 is 0 Å². The quantitative estimate of drug-likeness (QED) is 0.334. The normalized spacial score (nSPS) is 16.4. The molecule has 0 bridgehead atoms. The molecule has 2 rings (SSSR count). The molecular weight excluding hydrogens is 368 g/mol. The van der Waals surface area contributed by atoms with E-state index in [1.165, 1.54) is 21.3 Å². The maximum Gasteiger partial charge on any atom is 0.336 e. The van der Waals surface area contributed by atoms with Crippen molar-refractivity contribution in [3.8, 4) is 17.2 Å². The Morgan fingerprint density at radius 2 is 1.81 bits per heavy atom. The molecule has 8 heteroatoms. The molecule has 0 fully saturated rings. The first kappa shape index (κ1) is 20.5. The van der Waals surface area contributed by atoms with E-state index < -0.39 is 11.9 Å². The van der Waals surface area contributed by atoms with E-state index in [-0.39, 0.29) is 6.61 Å². The summed E-state index contributed by atoms with van der Waals surface area (Å²) in [7, 11) is 4.53. The highest BCUT2D eigenvalue weighted by atomic mass is 32.1. The van der Waals surface area contributed by atoms with Gasteiger partial charge >= 0.3 is 5.97 Å². The molecule has 1 heterocycles. The summed E-state index contributed by atoms with van der Waals surface area (Å²) in [5.41, 5.74) is 1.92. The van der Waals surface area contributed by atoms with Crippen LogP contribution in [0.1, 0.15) is 25.3 Å². The van der Waals surface area contributed by atoms with Gasteiger partial charge in [-0.05, 0) is 37.4 Å². The number of methoxy groups -OCH3 is 3. The van der Waals surface area contributed by atoms with Crippen LogP contribution in [-0.2, 0) is 9.53 Å². The van der Waals surface area contributed by atoms with Gasteiger partial charge in [0, 0.05) is 5.70 Å². The van der Waals surface area contributed by atoms with Crippen LogP contribution in [0.4, 0.5) is 0 Å². The van der Waals surface area contributed by atoms with E-state index in [0.717, 1.165) is 0 Å². The molecule has 0 saturated carbocycles. The topological polar surface area (TPSA) is 89.9 Å². The fraction of sp³-hybridized carbons (Fsp3) is 0.368. The van der Waals surface area contributed by atoms with Crippen molar-refractivity contribution in [2.45, 2.75) is 19.8 Å². The molecule has 1 unspecified atom stereocenters. The Morgan fingerprint density at radius 1 is 1.22 bits per heavy atom. The van der Waals surface area contributed by atoms with Crippen molar-refractivity contribution in [3.63, 3.8) is 0 Å². The van der Waals surface area contributed by atoms with E-state index in [1.807, 2.05) is 0 Å². The SMILES string of the molecule is CCOC(=O)C1=C(C)NC(=S)C(=C=N)C1c1cc(OC)c(OC)c(OC)c1. The first-order chi connectivity index (χ1) is 12.9. The summed E-state index contributed by atoms with van der Waals surface area (Å²) in [5, 5.41) is 10.7. The van der Waals surface area contributed by atoms with Crippen LogP contribution < -0.4 is 19.5 Å². The Labute approximate surface area is 163 Å². The molecular formula is C19H22N2O5S. The predicted molar refractivity (Wildman–Crippen MR) is 105 cm³/mol. The number of rotatable bonds is 6. The van der Waals surface area contributed by atoms with Gasteiger partial charge < -0.3 is 24.3 Å². The number of ether oxygens (including phenoxy) is 4. The first-order valence-electron chi connectivity index (χ1n) is 8.22. The van der Waals surface area contributed by atoms with Crippen LogP contribution in [0.15, 0.2) is 29.0 Å². The summed E-state index contributed by atoms with van der Waals surface area (Å²) in [6, 6.07) is 3.45. The average molecular weight is 390 g/mol.